The van der Waals surface area contributed by atoms with Crippen LogP contribution in [0.3, 0.4) is 0 Å². The van der Waals surface area contributed by atoms with E-state index in [4.69, 9.17) is 16.7 Å². The Kier molecular flexibility index (Phi) is 4.70. The highest BCUT2D eigenvalue weighted by Crippen LogP contribution is 2.25. The zero-order valence-corrected chi connectivity index (χ0v) is 11.2. The van der Waals surface area contributed by atoms with Crippen LogP contribution in [0.2, 0.25) is 5.02 Å². The van der Waals surface area contributed by atoms with E-state index >= 15 is 0 Å². The van der Waals surface area contributed by atoms with Crippen molar-refractivity contribution in [3.8, 4) is 0 Å². The average molecular weight is 295 g/mol. The zero-order valence-electron chi connectivity index (χ0n) is 9.61. The Morgan fingerprint density at radius 1 is 1.44 bits per heavy atom. The van der Waals surface area contributed by atoms with Crippen LogP contribution < -0.4 is 0 Å². The number of hydrogen-bond acceptors (Lipinski definition) is 3. The summed E-state index contributed by atoms with van der Waals surface area (Å²) in [6.07, 6.45) is 1.09. The van der Waals surface area contributed by atoms with Gasteiger partial charge in [-0.1, -0.05) is 24.9 Å². The Hall–Kier alpha value is -1.14. The maximum atomic E-state index is 13.4. The maximum absolute atomic E-state index is 13.4. The number of sulfone groups is 1. The molecule has 0 aliphatic carbocycles. The Labute approximate surface area is 109 Å². The fraction of sp³-hybridized carbons (Fsp3) is 0.364. The van der Waals surface area contributed by atoms with Crippen LogP contribution in [-0.4, -0.2) is 25.2 Å². The molecule has 1 rings (SSSR count). The molecule has 4 nitrogen and oxygen atoms in total. The van der Waals surface area contributed by atoms with Gasteiger partial charge < -0.3 is 5.11 Å². The standard InChI is InChI=1S/C11H12ClFO4S/c1-2-3-4-18(16,17)7-5-8(11(14)15)10(12)9(13)6-7/h5-6H,2-4H2,1H3,(H,14,15). The number of unbranched alkanes of at least 4 members (excludes halogenated alkanes) is 1. The summed E-state index contributed by atoms with van der Waals surface area (Å²) in [5.41, 5.74) is -0.549. The fourth-order valence-electron chi connectivity index (χ4n) is 1.35. The molecule has 0 spiro atoms. The monoisotopic (exact) mass is 294 g/mol. The third-order valence-electron chi connectivity index (χ3n) is 2.36. The average Bonchev–Trinajstić information content (AvgIpc) is 2.29. The predicted octanol–water partition coefficient (Wildman–Crippen LogP) is 2.75. The number of carbonyl (C=O) groups is 1. The molecular weight excluding hydrogens is 283 g/mol. The van der Waals surface area contributed by atoms with Crippen molar-refractivity contribution in [3.05, 3.63) is 28.5 Å². The van der Waals surface area contributed by atoms with Gasteiger partial charge in [0.1, 0.15) is 5.82 Å². The van der Waals surface area contributed by atoms with Crippen molar-refractivity contribution in [2.75, 3.05) is 5.75 Å². The Balaban J connectivity index is 3.31. The molecular formula is C11H12ClFO4S. The molecule has 100 valence electrons. The minimum Gasteiger partial charge on any atom is -0.478 e. The molecule has 0 fully saturated rings. The van der Waals surface area contributed by atoms with Crippen LogP contribution in [0, 0.1) is 5.82 Å². The van der Waals surface area contributed by atoms with Crippen LogP contribution in [0.5, 0.6) is 0 Å². The smallest absolute Gasteiger partial charge is 0.337 e. The second-order valence-electron chi connectivity index (χ2n) is 3.74. The lowest BCUT2D eigenvalue weighted by molar-refractivity contribution is 0.0696. The summed E-state index contributed by atoms with van der Waals surface area (Å²) in [5, 5.41) is 8.22. The molecule has 0 radical (unpaired) electrons. The Morgan fingerprint density at radius 2 is 2.06 bits per heavy atom. The third kappa shape index (κ3) is 3.20. The molecule has 1 N–H and O–H groups in total. The highest BCUT2D eigenvalue weighted by molar-refractivity contribution is 7.91. The van der Waals surface area contributed by atoms with Gasteiger partial charge in [0.2, 0.25) is 0 Å². The van der Waals surface area contributed by atoms with Crippen LogP contribution in [0.4, 0.5) is 4.39 Å². The first-order valence-electron chi connectivity index (χ1n) is 5.24. The lowest BCUT2D eigenvalue weighted by Gasteiger charge is -2.07. The molecule has 0 aliphatic rings. The number of benzene rings is 1. The number of rotatable bonds is 5. The predicted molar refractivity (Wildman–Crippen MR) is 65.3 cm³/mol. The van der Waals surface area contributed by atoms with E-state index in [1.54, 1.807) is 0 Å². The van der Waals surface area contributed by atoms with Gasteiger partial charge in [-0.15, -0.1) is 0 Å². The van der Waals surface area contributed by atoms with E-state index in [9.17, 15) is 17.6 Å². The van der Waals surface area contributed by atoms with Crippen molar-refractivity contribution < 1.29 is 22.7 Å². The van der Waals surface area contributed by atoms with Crippen molar-refractivity contribution in [3.63, 3.8) is 0 Å². The van der Waals surface area contributed by atoms with Gasteiger partial charge in [-0.2, -0.15) is 0 Å². The van der Waals surface area contributed by atoms with E-state index in [1.807, 2.05) is 6.92 Å². The van der Waals surface area contributed by atoms with Crippen LogP contribution in [0.15, 0.2) is 17.0 Å². The zero-order chi connectivity index (χ0) is 13.9. The second kappa shape index (κ2) is 5.67. The minimum atomic E-state index is -3.68. The van der Waals surface area contributed by atoms with Gasteiger partial charge in [0.15, 0.2) is 9.84 Å². The largest absolute Gasteiger partial charge is 0.478 e. The van der Waals surface area contributed by atoms with Crippen LogP contribution in [0.25, 0.3) is 0 Å². The van der Waals surface area contributed by atoms with Crippen molar-refractivity contribution in [2.45, 2.75) is 24.7 Å². The second-order valence-corrected chi connectivity index (χ2v) is 6.23. The molecule has 0 heterocycles. The molecule has 0 unspecified atom stereocenters. The van der Waals surface area contributed by atoms with Gasteiger partial charge in [-0.05, 0) is 18.6 Å². The van der Waals surface area contributed by atoms with Gasteiger partial charge in [0.25, 0.3) is 0 Å². The fourth-order valence-corrected chi connectivity index (χ4v) is 3.03. The van der Waals surface area contributed by atoms with Gasteiger partial charge in [0, 0.05) is 0 Å². The number of carboxylic acids is 1. The first-order valence-corrected chi connectivity index (χ1v) is 7.27. The summed E-state index contributed by atoms with van der Waals surface area (Å²) in [4.78, 5) is 10.5. The quantitative estimate of drug-likeness (QED) is 0.906. The van der Waals surface area contributed by atoms with Crippen molar-refractivity contribution in [1.29, 1.82) is 0 Å². The molecule has 0 saturated carbocycles. The van der Waals surface area contributed by atoms with Crippen molar-refractivity contribution in [2.24, 2.45) is 0 Å². The van der Waals surface area contributed by atoms with Crippen molar-refractivity contribution in [1.82, 2.24) is 0 Å². The maximum Gasteiger partial charge on any atom is 0.337 e. The molecule has 7 heteroatoms. The molecule has 0 aliphatic heterocycles. The summed E-state index contributed by atoms with van der Waals surface area (Å²) in [6.45, 7) is 1.82. The molecule has 0 amide bonds. The van der Waals surface area contributed by atoms with Gasteiger partial charge in [-0.25, -0.2) is 17.6 Å². The molecule has 18 heavy (non-hydrogen) atoms. The first-order chi connectivity index (χ1) is 8.29. The number of carboxylic acid groups (broad SMARTS) is 1. The van der Waals surface area contributed by atoms with E-state index in [-0.39, 0.29) is 10.6 Å². The van der Waals surface area contributed by atoms with Gasteiger partial charge >= 0.3 is 5.97 Å². The minimum absolute atomic E-state index is 0.149. The molecule has 0 bridgehead atoms. The van der Waals surface area contributed by atoms with E-state index in [0.717, 1.165) is 12.1 Å². The molecule has 0 atom stereocenters. The lowest BCUT2D eigenvalue weighted by Crippen LogP contribution is -2.09. The van der Waals surface area contributed by atoms with Crippen LogP contribution in [0.1, 0.15) is 30.1 Å². The first kappa shape index (κ1) is 14.9. The Morgan fingerprint density at radius 3 is 2.56 bits per heavy atom. The van der Waals surface area contributed by atoms with Gasteiger partial charge in [-0.3, -0.25) is 0 Å². The van der Waals surface area contributed by atoms with E-state index in [0.29, 0.717) is 12.8 Å². The van der Waals surface area contributed by atoms with Crippen molar-refractivity contribution >= 4 is 27.4 Å². The van der Waals surface area contributed by atoms with Gasteiger partial charge in [0.05, 0.1) is 21.2 Å². The topological polar surface area (TPSA) is 71.4 Å². The number of hydrogen-bond donors (Lipinski definition) is 1. The summed E-state index contributed by atoms with van der Waals surface area (Å²) in [6, 6.07) is 1.64. The van der Waals surface area contributed by atoms with E-state index < -0.39 is 32.2 Å². The number of aromatic carboxylic acids is 1. The molecule has 0 aromatic heterocycles. The summed E-state index contributed by atoms with van der Waals surface area (Å²) in [7, 11) is -3.68. The summed E-state index contributed by atoms with van der Waals surface area (Å²) >= 11 is 5.46. The summed E-state index contributed by atoms with van der Waals surface area (Å²) < 4.78 is 37.0. The highest BCUT2D eigenvalue weighted by Gasteiger charge is 2.21. The molecule has 1 aromatic carbocycles. The van der Waals surface area contributed by atoms with E-state index in [2.05, 4.69) is 0 Å². The molecule has 0 saturated heterocycles. The number of halogens is 2. The van der Waals surface area contributed by atoms with Crippen LogP contribution in [-0.2, 0) is 9.84 Å². The lowest BCUT2D eigenvalue weighted by atomic mass is 10.2. The molecule has 1 aromatic rings. The Bertz CT molecular complexity index is 569. The van der Waals surface area contributed by atoms with E-state index in [1.165, 1.54) is 0 Å². The van der Waals surface area contributed by atoms with Crippen LogP contribution >= 0.6 is 11.6 Å². The SMILES string of the molecule is CCCCS(=O)(=O)c1cc(F)c(Cl)c(C(=O)O)c1. The summed E-state index contributed by atoms with van der Waals surface area (Å²) in [5.74, 6) is -2.66. The normalized spacial score (nSPS) is 11.5. The highest BCUT2D eigenvalue weighted by atomic mass is 35.5. The third-order valence-corrected chi connectivity index (χ3v) is 4.52.